The van der Waals surface area contributed by atoms with Gasteiger partial charge in [-0.15, -0.1) is 11.3 Å². The lowest BCUT2D eigenvalue weighted by Crippen LogP contribution is -2.13. The molecule has 0 fully saturated rings. The van der Waals surface area contributed by atoms with Gasteiger partial charge >= 0.3 is 6.18 Å². The van der Waals surface area contributed by atoms with Crippen LogP contribution in [0.25, 0.3) is 0 Å². The van der Waals surface area contributed by atoms with Gasteiger partial charge in [0, 0.05) is 11.6 Å². The zero-order valence-corrected chi connectivity index (χ0v) is 18.2. The van der Waals surface area contributed by atoms with Crippen LogP contribution in [-0.2, 0) is 35.5 Å². The van der Waals surface area contributed by atoms with Gasteiger partial charge in [0.2, 0.25) is 0 Å². The van der Waals surface area contributed by atoms with Crippen LogP contribution in [0.4, 0.5) is 18.3 Å². The molecule has 0 radical (unpaired) electrons. The second-order valence-corrected chi connectivity index (χ2v) is 10.3. The standard InChI is InChI=1S/C22H21F3N2O2S2/c23-22(24,25)19-7-4-15(5-8-19)2-1-3-16-12-17-6-9-20(14-18(17)13-16)31(28,29)27-21-26-10-11-30-21/h4-11,14,16H,1-3,12-13H2,(H,26,27). The zero-order chi connectivity index (χ0) is 22.1. The van der Waals surface area contributed by atoms with Crippen molar-refractivity contribution in [3.63, 3.8) is 0 Å². The molecular weight excluding hydrogens is 445 g/mol. The van der Waals surface area contributed by atoms with Crippen LogP contribution >= 0.6 is 11.3 Å². The molecular formula is C22H21F3N2O2S2. The van der Waals surface area contributed by atoms with Crippen LogP contribution in [0.5, 0.6) is 0 Å². The first-order valence-electron chi connectivity index (χ1n) is 9.91. The van der Waals surface area contributed by atoms with Crippen molar-refractivity contribution in [1.82, 2.24) is 4.98 Å². The number of alkyl halides is 3. The molecule has 0 amide bonds. The van der Waals surface area contributed by atoms with Crippen LogP contribution in [0.2, 0.25) is 0 Å². The van der Waals surface area contributed by atoms with Gasteiger partial charge in [-0.3, -0.25) is 4.72 Å². The third kappa shape index (κ3) is 5.27. The topological polar surface area (TPSA) is 59.1 Å². The molecule has 1 atom stereocenters. The number of hydrogen-bond acceptors (Lipinski definition) is 4. The molecule has 1 N–H and O–H groups in total. The molecule has 4 rings (SSSR count). The highest BCUT2D eigenvalue weighted by Crippen LogP contribution is 2.33. The molecule has 0 aliphatic heterocycles. The lowest BCUT2D eigenvalue weighted by Gasteiger charge is -2.10. The van der Waals surface area contributed by atoms with E-state index in [4.69, 9.17) is 0 Å². The Kier molecular flexibility index (Phi) is 6.07. The van der Waals surface area contributed by atoms with E-state index in [1.165, 1.54) is 11.3 Å². The van der Waals surface area contributed by atoms with Crippen LogP contribution in [0, 0.1) is 5.92 Å². The molecule has 1 unspecified atom stereocenters. The second-order valence-electron chi connectivity index (χ2n) is 7.73. The predicted octanol–water partition coefficient (Wildman–Crippen LogP) is 5.70. The van der Waals surface area contributed by atoms with E-state index >= 15 is 0 Å². The molecule has 0 saturated carbocycles. The van der Waals surface area contributed by atoms with Crippen LogP contribution in [0.3, 0.4) is 0 Å². The van der Waals surface area contributed by atoms with E-state index in [-0.39, 0.29) is 4.90 Å². The van der Waals surface area contributed by atoms with Gasteiger partial charge in [0.1, 0.15) is 0 Å². The zero-order valence-electron chi connectivity index (χ0n) is 16.5. The number of aromatic nitrogens is 1. The maximum atomic E-state index is 12.7. The maximum Gasteiger partial charge on any atom is 0.416 e. The van der Waals surface area contributed by atoms with Gasteiger partial charge in [0.05, 0.1) is 10.5 Å². The summed E-state index contributed by atoms with van der Waals surface area (Å²) in [6, 6.07) is 10.6. The van der Waals surface area contributed by atoms with E-state index in [2.05, 4.69) is 9.71 Å². The first-order chi connectivity index (χ1) is 14.7. The number of aryl methyl sites for hydroxylation is 1. The van der Waals surface area contributed by atoms with Crippen molar-refractivity contribution < 1.29 is 21.6 Å². The lowest BCUT2D eigenvalue weighted by atomic mass is 9.97. The molecule has 2 aromatic carbocycles. The van der Waals surface area contributed by atoms with Crippen molar-refractivity contribution in [3.8, 4) is 0 Å². The molecule has 31 heavy (non-hydrogen) atoms. The van der Waals surface area contributed by atoms with Crippen LogP contribution < -0.4 is 4.72 Å². The maximum absolute atomic E-state index is 12.7. The molecule has 1 heterocycles. The Morgan fingerprint density at radius 1 is 1.06 bits per heavy atom. The van der Waals surface area contributed by atoms with E-state index in [1.54, 1.807) is 35.8 Å². The highest BCUT2D eigenvalue weighted by molar-refractivity contribution is 7.93. The van der Waals surface area contributed by atoms with Gasteiger partial charge in [0.15, 0.2) is 5.13 Å². The van der Waals surface area contributed by atoms with Gasteiger partial charge in [-0.25, -0.2) is 13.4 Å². The number of hydrogen-bond donors (Lipinski definition) is 1. The van der Waals surface area contributed by atoms with Gasteiger partial charge in [-0.2, -0.15) is 13.2 Å². The molecule has 0 bridgehead atoms. The van der Waals surface area contributed by atoms with E-state index in [0.717, 1.165) is 60.9 Å². The third-order valence-corrected chi connectivity index (χ3v) is 7.67. The van der Waals surface area contributed by atoms with E-state index < -0.39 is 21.8 Å². The number of nitrogens with one attached hydrogen (secondary N) is 1. The Bertz CT molecular complexity index is 1140. The lowest BCUT2D eigenvalue weighted by molar-refractivity contribution is -0.137. The number of benzene rings is 2. The molecule has 164 valence electrons. The van der Waals surface area contributed by atoms with Crippen molar-refractivity contribution in [2.45, 2.75) is 43.2 Å². The van der Waals surface area contributed by atoms with Gasteiger partial charge in [-0.1, -0.05) is 18.2 Å². The Labute approximate surface area is 183 Å². The second kappa shape index (κ2) is 8.63. The van der Waals surface area contributed by atoms with Crippen molar-refractivity contribution in [1.29, 1.82) is 0 Å². The fourth-order valence-electron chi connectivity index (χ4n) is 3.96. The Morgan fingerprint density at radius 2 is 1.81 bits per heavy atom. The molecule has 3 aromatic rings. The summed E-state index contributed by atoms with van der Waals surface area (Å²) in [6.07, 6.45) is 1.47. The fourth-order valence-corrected chi connectivity index (χ4v) is 5.80. The molecule has 0 spiro atoms. The summed E-state index contributed by atoms with van der Waals surface area (Å²) in [5, 5.41) is 2.04. The number of fused-ring (bicyclic) bond motifs is 1. The summed E-state index contributed by atoms with van der Waals surface area (Å²) < 4.78 is 65.6. The fraction of sp³-hybridized carbons (Fsp3) is 0.318. The molecule has 0 saturated heterocycles. The number of halogens is 3. The van der Waals surface area contributed by atoms with E-state index in [9.17, 15) is 21.6 Å². The minimum Gasteiger partial charge on any atom is -0.255 e. The van der Waals surface area contributed by atoms with Crippen molar-refractivity contribution in [3.05, 3.63) is 76.3 Å². The molecule has 1 aromatic heterocycles. The predicted molar refractivity (Wildman–Crippen MR) is 115 cm³/mol. The smallest absolute Gasteiger partial charge is 0.255 e. The Morgan fingerprint density at radius 3 is 2.48 bits per heavy atom. The van der Waals surface area contributed by atoms with E-state index in [1.807, 2.05) is 6.07 Å². The number of nitrogens with zero attached hydrogens (tertiary/aromatic N) is 1. The van der Waals surface area contributed by atoms with Gasteiger partial charge in [0.25, 0.3) is 10.0 Å². The average Bonchev–Trinajstić information content (AvgIpc) is 3.36. The normalized spacial score (nSPS) is 16.3. The van der Waals surface area contributed by atoms with Crippen molar-refractivity contribution >= 4 is 26.5 Å². The Balaban J connectivity index is 1.33. The summed E-state index contributed by atoms with van der Waals surface area (Å²) in [4.78, 5) is 4.19. The Hall–Kier alpha value is -2.39. The molecule has 1 aliphatic carbocycles. The molecule has 4 nitrogen and oxygen atoms in total. The quantitative estimate of drug-likeness (QED) is 0.486. The van der Waals surface area contributed by atoms with Crippen LogP contribution in [-0.4, -0.2) is 13.4 Å². The van der Waals surface area contributed by atoms with Crippen LogP contribution in [0.15, 0.2) is 58.9 Å². The molecule has 9 heteroatoms. The summed E-state index contributed by atoms with van der Waals surface area (Å²) in [5.41, 5.74) is 2.47. The number of anilines is 1. The highest BCUT2D eigenvalue weighted by atomic mass is 32.2. The first kappa shape index (κ1) is 21.8. The minimum absolute atomic E-state index is 0.229. The largest absolute Gasteiger partial charge is 0.416 e. The summed E-state index contributed by atoms with van der Waals surface area (Å²) in [6.45, 7) is 0. The summed E-state index contributed by atoms with van der Waals surface area (Å²) in [5.74, 6) is 0.411. The number of sulfonamides is 1. The SMILES string of the molecule is O=S(=O)(Nc1nccs1)c1ccc2c(c1)CC(CCCc1ccc(C(F)(F)F)cc1)C2. The van der Waals surface area contributed by atoms with E-state index in [0.29, 0.717) is 11.0 Å². The van der Waals surface area contributed by atoms with Crippen molar-refractivity contribution in [2.75, 3.05) is 4.72 Å². The number of thiazole rings is 1. The van der Waals surface area contributed by atoms with Crippen LogP contribution in [0.1, 0.15) is 35.1 Å². The summed E-state index contributed by atoms with van der Waals surface area (Å²) >= 11 is 1.22. The highest BCUT2D eigenvalue weighted by Gasteiger charge is 2.30. The summed E-state index contributed by atoms with van der Waals surface area (Å²) in [7, 11) is -3.67. The first-order valence-corrected chi connectivity index (χ1v) is 12.3. The monoisotopic (exact) mass is 466 g/mol. The average molecular weight is 467 g/mol. The number of rotatable bonds is 7. The van der Waals surface area contributed by atoms with Crippen molar-refractivity contribution in [2.24, 2.45) is 5.92 Å². The van der Waals surface area contributed by atoms with Gasteiger partial charge < -0.3 is 0 Å². The third-order valence-electron chi connectivity index (χ3n) is 5.52. The molecule has 1 aliphatic rings. The minimum atomic E-state index is -4.31. The van der Waals surface area contributed by atoms with Gasteiger partial charge in [-0.05, 0) is 79.0 Å².